The molecule has 1 aliphatic rings. The molecular formula is C22H17N. The van der Waals surface area contributed by atoms with E-state index in [-0.39, 0.29) is 0 Å². The monoisotopic (exact) mass is 295 g/mol. The van der Waals surface area contributed by atoms with Gasteiger partial charge in [-0.15, -0.1) is 0 Å². The fourth-order valence-electron chi connectivity index (χ4n) is 3.33. The summed E-state index contributed by atoms with van der Waals surface area (Å²) in [5, 5.41) is 10.3. The lowest BCUT2D eigenvalue weighted by atomic mass is 9.89. The fourth-order valence-corrected chi connectivity index (χ4v) is 3.33. The standard InChI is InChI=1S/C22H17N/c23-15-22-19-11-4-3-9-17(19)13-14-21(22)20-12-6-5-10-18(20)16-7-1-2-8-16/h1-7,9-15,23H,8H2. The van der Waals surface area contributed by atoms with Crippen molar-refractivity contribution in [3.8, 4) is 11.1 Å². The number of hydrogen-bond donors (Lipinski definition) is 1. The smallest absolute Gasteiger partial charge is 0.0262 e. The second-order valence-corrected chi connectivity index (χ2v) is 5.76. The van der Waals surface area contributed by atoms with Gasteiger partial charge in [0, 0.05) is 11.8 Å². The molecule has 4 rings (SSSR count). The van der Waals surface area contributed by atoms with E-state index in [1.165, 1.54) is 28.3 Å². The predicted molar refractivity (Wildman–Crippen MR) is 99.0 cm³/mol. The molecule has 0 bridgehead atoms. The van der Waals surface area contributed by atoms with E-state index in [1.54, 1.807) is 0 Å². The Morgan fingerprint density at radius 1 is 0.783 bits per heavy atom. The van der Waals surface area contributed by atoms with Crippen LogP contribution in [0.1, 0.15) is 17.5 Å². The van der Waals surface area contributed by atoms with Crippen molar-refractivity contribution in [1.29, 1.82) is 5.41 Å². The van der Waals surface area contributed by atoms with Gasteiger partial charge in [-0.1, -0.05) is 78.9 Å². The van der Waals surface area contributed by atoms with E-state index < -0.39 is 0 Å². The molecule has 0 amide bonds. The summed E-state index contributed by atoms with van der Waals surface area (Å²) in [4.78, 5) is 0. The van der Waals surface area contributed by atoms with Crippen LogP contribution in [0.5, 0.6) is 0 Å². The first-order valence-corrected chi connectivity index (χ1v) is 7.86. The van der Waals surface area contributed by atoms with E-state index >= 15 is 0 Å². The number of fused-ring (bicyclic) bond motifs is 1. The van der Waals surface area contributed by atoms with Crippen molar-refractivity contribution < 1.29 is 0 Å². The summed E-state index contributed by atoms with van der Waals surface area (Å²) in [5.74, 6) is 0. The van der Waals surface area contributed by atoms with E-state index in [9.17, 15) is 0 Å². The quantitative estimate of drug-likeness (QED) is 0.586. The Hall–Kier alpha value is -2.93. The number of rotatable bonds is 3. The molecule has 0 spiro atoms. The van der Waals surface area contributed by atoms with Gasteiger partial charge in [0.2, 0.25) is 0 Å². The van der Waals surface area contributed by atoms with Crippen LogP contribution in [0.2, 0.25) is 0 Å². The third kappa shape index (κ3) is 2.31. The number of benzene rings is 3. The predicted octanol–water partition coefficient (Wildman–Crippen LogP) is 5.85. The van der Waals surface area contributed by atoms with Crippen molar-refractivity contribution in [2.24, 2.45) is 0 Å². The minimum Gasteiger partial charge on any atom is -0.308 e. The average molecular weight is 295 g/mol. The van der Waals surface area contributed by atoms with Crippen LogP contribution in [-0.2, 0) is 0 Å². The molecule has 0 atom stereocenters. The second kappa shape index (κ2) is 5.69. The van der Waals surface area contributed by atoms with Gasteiger partial charge in [-0.25, -0.2) is 0 Å². The summed E-state index contributed by atoms with van der Waals surface area (Å²) in [5.41, 5.74) is 5.91. The van der Waals surface area contributed by atoms with Crippen molar-refractivity contribution in [2.75, 3.05) is 0 Å². The molecule has 110 valence electrons. The van der Waals surface area contributed by atoms with Crippen molar-refractivity contribution in [2.45, 2.75) is 6.42 Å². The Morgan fingerprint density at radius 3 is 2.35 bits per heavy atom. The molecule has 3 aromatic rings. The molecule has 1 heteroatoms. The van der Waals surface area contributed by atoms with Crippen molar-refractivity contribution in [3.63, 3.8) is 0 Å². The van der Waals surface area contributed by atoms with E-state index in [4.69, 9.17) is 5.41 Å². The third-order valence-corrected chi connectivity index (χ3v) is 4.45. The Labute approximate surface area is 136 Å². The van der Waals surface area contributed by atoms with Gasteiger partial charge in [0.1, 0.15) is 0 Å². The lowest BCUT2D eigenvalue weighted by molar-refractivity contribution is 1.43. The second-order valence-electron chi connectivity index (χ2n) is 5.76. The largest absolute Gasteiger partial charge is 0.308 e. The lowest BCUT2D eigenvalue weighted by Crippen LogP contribution is -1.94. The molecule has 1 N–H and O–H groups in total. The molecule has 0 fully saturated rings. The molecule has 0 aliphatic heterocycles. The molecule has 0 saturated carbocycles. The summed E-state index contributed by atoms with van der Waals surface area (Å²) in [6, 6.07) is 21.1. The number of nitrogens with one attached hydrogen (secondary N) is 1. The molecule has 0 radical (unpaired) electrons. The zero-order valence-corrected chi connectivity index (χ0v) is 12.8. The molecule has 1 aliphatic carbocycles. The zero-order valence-electron chi connectivity index (χ0n) is 12.8. The Balaban J connectivity index is 1.99. The van der Waals surface area contributed by atoms with Crippen LogP contribution < -0.4 is 0 Å². The Morgan fingerprint density at radius 2 is 1.57 bits per heavy atom. The van der Waals surface area contributed by atoms with Gasteiger partial charge in [-0.3, -0.25) is 0 Å². The molecule has 23 heavy (non-hydrogen) atoms. The first-order chi connectivity index (χ1) is 11.4. The lowest BCUT2D eigenvalue weighted by Gasteiger charge is -2.14. The Bertz CT molecular complexity index is 961. The summed E-state index contributed by atoms with van der Waals surface area (Å²) in [6.45, 7) is 0. The van der Waals surface area contributed by atoms with Gasteiger partial charge in [0.05, 0.1) is 0 Å². The zero-order chi connectivity index (χ0) is 15.6. The van der Waals surface area contributed by atoms with Gasteiger partial charge in [-0.2, -0.15) is 0 Å². The first-order valence-electron chi connectivity index (χ1n) is 7.86. The summed E-state index contributed by atoms with van der Waals surface area (Å²) in [7, 11) is 0. The van der Waals surface area contributed by atoms with Crippen LogP contribution in [0.3, 0.4) is 0 Å². The van der Waals surface area contributed by atoms with Crippen LogP contribution in [0.15, 0.2) is 78.9 Å². The molecule has 0 heterocycles. The topological polar surface area (TPSA) is 23.9 Å². The normalized spacial score (nSPS) is 13.3. The number of hydrogen-bond acceptors (Lipinski definition) is 1. The molecule has 1 nitrogen and oxygen atoms in total. The first kappa shape index (κ1) is 13.7. The average Bonchev–Trinajstić information content (AvgIpc) is 3.15. The highest BCUT2D eigenvalue weighted by atomic mass is 14.3. The maximum atomic E-state index is 7.94. The van der Waals surface area contributed by atoms with Gasteiger partial charge < -0.3 is 5.41 Å². The van der Waals surface area contributed by atoms with Crippen molar-refractivity contribution >= 4 is 22.6 Å². The molecule has 3 aromatic carbocycles. The van der Waals surface area contributed by atoms with Gasteiger partial charge in [0.15, 0.2) is 0 Å². The van der Waals surface area contributed by atoms with E-state index in [0.717, 1.165) is 22.9 Å². The van der Waals surface area contributed by atoms with Crippen molar-refractivity contribution in [3.05, 3.63) is 90.0 Å². The van der Waals surface area contributed by atoms with E-state index in [1.807, 2.05) is 12.1 Å². The highest BCUT2D eigenvalue weighted by Crippen LogP contribution is 2.36. The van der Waals surface area contributed by atoms with Gasteiger partial charge >= 0.3 is 0 Å². The van der Waals surface area contributed by atoms with Crippen LogP contribution in [-0.4, -0.2) is 6.21 Å². The van der Waals surface area contributed by atoms with Crippen LogP contribution in [0.25, 0.3) is 27.5 Å². The molecule has 0 aromatic heterocycles. The minimum atomic E-state index is 0.977. The van der Waals surface area contributed by atoms with Crippen LogP contribution in [0.4, 0.5) is 0 Å². The maximum absolute atomic E-state index is 7.94. The van der Waals surface area contributed by atoms with E-state index in [0.29, 0.717) is 0 Å². The summed E-state index contributed by atoms with van der Waals surface area (Å²) in [6.07, 6.45) is 8.94. The SMILES string of the molecule is N=Cc1c(-c2ccccc2C2=CC=CC2)ccc2ccccc12. The highest BCUT2D eigenvalue weighted by Gasteiger charge is 2.13. The fraction of sp³-hybridized carbons (Fsp3) is 0.0455. The number of allylic oxidation sites excluding steroid dienone is 4. The Kier molecular flexibility index (Phi) is 3.39. The maximum Gasteiger partial charge on any atom is 0.0262 e. The molecule has 0 unspecified atom stereocenters. The summed E-state index contributed by atoms with van der Waals surface area (Å²) < 4.78 is 0. The molecular weight excluding hydrogens is 278 g/mol. The minimum absolute atomic E-state index is 0.977. The van der Waals surface area contributed by atoms with Crippen molar-refractivity contribution in [1.82, 2.24) is 0 Å². The van der Waals surface area contributed by atoms with E-state index in [2.05, 4.69) is 66.8 Å². The van der Waals surface area contributed by atoms with Crippen LogP contribution >= 0.6 is 0 Å². The highest BCUT2D eigenvalue weighted by molar-refractivity contribution is 6.06. The molecule has 0 saturated heterocycles. The third-order valence-electron chi connectivity index (χ3n) is 4.45. The summed E-state index contributed by atoms with van der Waals surface area (Å²) >= 11 is 0. The van der Waals surface area contributed by atoms with Crippen LogP contribution in [0, 0.1) is 5.41 Å². The van der Waals surface area contributed by atoms with Gasteiger partial charge in [-0.05, 0) is 39.5 Å². The van der Waals surface area contributed by atoms with Gasteiger partial charge in [0.25, 0.3) is 0 Å².